The van der Waals surface area contributed by atoms with Crippen LogP contribution in [0.5, 0.6) is 0 Å². The van der Waals surface area contributed by atoms with Crippen LogP contribution in [0.1, 0.15) is 5.56 Å². The van der Waals surface area contributed by atoms with Gasteiger partial charge in [-0.2, -0.15) is 0 Å². The zero-order chi connectivity index (χ0) is 16.4. The molecule has 23 heavy (non-hydrogen) atoms. The van der Waals surface area contributed by atoms with E-state index in [1.54, 1.807) is 30.3 Å². The van der Waals surface area contributed by atoms with Crippen LogP contribution in [0.25, 0.3) is 16.3 Å². The molecule has 0 atom stereocenters. The first-order valence-corrected chi connectivity index (χ1v) is 8.47. The molecule has 0 fully saturated rings. The second-order valence-electron chi connectivity index (χ2n) is 4.59. The van der Waals surface area contributed by atoms with E-state index in [2.05, 4.69) is 10.3 Å². The standard InChI is InChI=1S/C16H9Cl3N2OS/c17-9-4-6-13-14(8-9)23-16(20-13)21-15(22)7-5-10-11(18)2-1-3-12(10)19/h1-8H,(H,20,21,22)/b7-5+. The zero-order valence-electron chi connectivity index (χ0n) is 11.5. The Morgan fingerprint density at radius 2 is 1.87 bits per heavy atom. The third-order valence-electron chi connectivity index (χ3n) is 2.98. The van der Waals surface area contributed by atoms with Gasteiger partial charge in [0.05, 0.1) is 10.2 Å². The highest BCUT2D eigenvalue weighted by atomic mass is 35.5. The number of rotatable bonds is 3. The van der Waals surface area contributed by atoms with Crippen LogP contribution in [0.4, 0.5) is 5.13 Å². The fraction of sp³-hybridized carbons (Fsp3) is 0. The van der Waals surface area contributed by atoms with E-state index in [0.29, 0.717) is 25.8 Å². The van der Waals surface area contributed by atoms with Gasteiger partial charge >= 0.3 is 0 Å². The fourth-order valence-electron chi connectivity index (χ4n) is 1.93. The third kappa shape index (κ3) is 3.85. The molecular formula is C16H9Cl3N2OS. The number of aromatic nitrogens is 1. The molecule has 2 aromatic carbocycles. The van der Waals surface area contributed by atoms with E-state index in [-0.39, 0.29) is 5.91 Å². The van der Waals surface area contributed by atoms with Crippen molar-refractivity contribution >= 4 is 73.5 Å². The van der Waals surface area contributed by atoms with Crippen molar-refractivity contribution < 1.29 is 4.79 Å². The number of anilines is 1. The number of benzene rings is 2. The third-order valence-corrected chi connectivity index (χ3v) is 4.81. The van der Waals surface area contributed by atoms with Gasteiger partial charge in [0.2, 0.25) is 5.91 Å². The van der Waals surface area contributed by atoms with Gasteiger partial charge in [0, 0.05) is 26.7 Å². The van der Waals surface area contributed by atoms with Crippen molar-refractivity contribution in [1.82, 2.24) is 4.98 Å². The number of nitrogens with zero attached hydrogens (tertiary/aromatic N) is 1. The maximum absolute atomic E-state index is 12.0. The van der Waals surface area contributed by atoms with Gasteiger partial charge in [0.25, 0.3) is 0 Å². The van der Waals surface area contributed by atoms with Crippen molar-refractivity contribution in [3.05, 3.63) is 63.1 Å². The molecule has 3 aromatic rings. The van der Waals surface area contributed by atoms with Gasteiger partial charge < -0.3 is 0 Å². The predicted molar refractivity (Wildman–Crippen MR) is 98.8 cm³/mol. The molecule has 1 N–H and O–H groups in total. The molecule has 3 rings (SSSR count). The van der Waals surface area contributed by atoms with E-state index in [1.165, 1.54) is 17.4 Å². The maximum Gasteiger partial charge on any atom is 0.250 e. The number of halogens is 3. The Balaban J connectivity index is 1.77. The Kier molecular flexibility index (Phi) is 4.87. The first-order chi connectivity index (χ1) is 11.0. The molecule has 0 saturated carbocycles. The number of carbonyl (C=O) groups is 1. The van der Waals surface area contributed by atoms with E-state index in [9.17, 15) is 4.79 Å². The largest absolute Gasteiger partial charge is 0.298 e. The van der Waals surface area contributed by atoms with Gasteiger partial charge in [-0.1, -0.05) is 52.2 Å². The monoisotopic (exact) mass is 382 g/mol. The summed E-state index contributed by atoms with van der Waals surface area (Å²) in [6, 6.07) is 10.5. The Labute approximate surface area is 151 Å². The summed E-state index contributed by atoms with van der Waals surface area (Å²) in [6.07, 6.45) is 2.94. The van der Waals surface area contributed by atoms with Crippen LogP contribution in [-0.4, -0.2) is 10.9 Å². The predicted octanol–water partition coefficient (Wildman–Crippen LogP) is 5.91. The molecule has 0 unspecified atom stereocenters. The molecule has 116 valence electrons. The average molecular weight is 384 g/mol. The van der Waals surface area contributed by atoms with Crippen LogP contribution in [0.15, 0.2) is 42.5 Å². The van der Waals surface area contributed by atoms with Crippen LogP contribution in [0.3, 0.4) is 0 Å². The normalized spacial score (nSPS) is 11.3. The van der Waals surface area contributed by atoms with Crippen LogP contribution < -0.4 is 5.32 Å². The minimum atomic E-state index is -0.314. The summed E-state index contributed by atoms with van der Waals surface area (Å²) in [6.45, 7) is 0. The van der Waals surface area contributed by atoms with Gasteiger partial charge in [0.15, 0.2) is 5.13 Å². The Bertz CT molecular complexity index is 901. The van der Waals surface area contributed by atoms with Crippen molar-refractivity contribution in [3.8, 4) is 0 Å². The highest BCUT2D eigenvalue weighted by Gasteiger charge is 2.07. The van der Waals surface area contributed by atoms with E-state index < -0.39 is 0 Å². The zero-order valence-corrected chi connectivity index (χ0v) is 14.6. The Morgan fingerprint density at radius 3 is 2.61 bits per heavy atom. The van der Waals surface area contributed by atoms with Crippen molar-refractivity contribution in [2.45, 2.75) is 0 Å². The lowest BCUT2D eigenvalue weighted by Crippen LogP contribution is -2.07. The van der Waals surface area contributed by atoms with Crippen LogP contribution in [0, 0.1) is 0 Å². The molecule has 0 spiro atoms. The molecular weight excluding hydrogens is 375 g/mol. The Morgan fingerprint density at radius 1 is 1.13 bits per heavy atom. The van der Waals surface area contributed by atoms with Gasteiger partial charge in [-0.05, 0) is 36.4 Å². The lowest BCUT2D eigenvalue weighted by atomic mass is 10.2. The number of carbonyl (C=O) groups excluding carboxylic acids is 1. The van der Waals surface area contributed by atoms with Crippen molar-refractivity contribution in [2.24, 2.45) is 0 Å². The number of nitrogens with one attached hydrogen (secondary N) is 1. The van der Waals surface area contributed by atoms with E-state index in [0.717, 1.165) is 10.2 Å². The van der Waals surface area contributed by atoms with E-state index >= 15 is 0 Å². The minimum Gasteiger partial charge on any atom is -0.298 e. The van der Waals surface area contributed by atoms with Gasteiger partial charge in [-0.3, -0.25) is 10.1 Å². The number of thiazole rings is 1. The summed E-state index contributed by atoms with van der Waals surface area (Å²) in [5.41, 5.74) is 1.38. The molecule has 0 bridgehead atoms. The first kappa shape index (κ1) is 16.3. The summed E-state index contributed by atoms with van der Waals surface area (Å²) in [4.78, 5) is 16.3. The van der Waals surface area contributed by atoms with Crippen LogP contribution in [-0.2, 0) is 4.79 Å². The summed E-state index contributed by atoms with van der Waals surface area (Å²) < 4.78 is 0.908. The van der Waals surface area contributed by atoms with E-state index in [1.807, 2.05) is 12.1 Å². The first-order valence-electron chi connectivity index (χ1n) is 6.52. The second-order valence-corrected chi connectivity index (χ2v) is 6.87. The van der Waals surface area contributed by atoms with E-state index in [4.69, 9.17) is 34.8 Å². The fourth-order valence-corrected chi connectivity index (χ4v) is 3.60. The lowest BCUT2D eigenvalue weighted by Gasteiger charge is -2.00. The molecule has 0 saturated heterocycles. The SMILES string of the molecule is O=C(/C=C/c1c(Cl)cccc1Cl)Nc1nc2ccc(Cl)cc2s1. The molecule has 0 radical (unpaired) electrons. The molecule has 0 aliphatic carbocycles. The second kappa shape index (κ2) is 6.89. The van der Waals surface area contributed by atoms with Crippen LogP contribution >= 0.6 is 46.1 Å². The van der Waals surface area contributed by atoms with Gasteiger partial charge in [0.1, 0.15) is 0 Å². The van der Waals surface area contributed by atoms with Crippen molar-refractivity contribution in [1.29, 1.82) is 0 Å². The molecule has 1 aromatic heterocycles. The minimum absolute atomic E-state index is 0.314. The number of fused-ring (bicyclic) bond motifs is 1. The number of hydrogen-bond donors (Lipinski definition) is 1. The molecule has 7 heteroatoms. The topological polar surface area (TPSA) is 42.0 Å². The number of amides is 1. The quantitative estimate of drug-likeness (QED) is 0.571. The smallest absolute Gasteiger partial charge is 0.250 e. The lowest BCUT2D eigenvalue weighted by molar-refractivity contribution is -0.111. The average Bonchev–Trinajstić information content (AvgIpc) is 2.88. The molecule has 3 nitrogen and oxygen atoms in total. The molecule has 1 amide bonds. The molecule has 1 heterocycles. The highest BCUT2D eigenvalue weighted by Crippen LogP contribution is 2.28. The van der Waals surface area contributed by atoms with Gasteiger partial charge in [-0.15, -0.1) is 0 Å². The summed E-state index contributed by atoms with van der Waals surface area (Å²) >= 11 is 19.4. The molecule has 0 aliphatic rings. The maximum atomic E-state index is 12.0. The van der Waals surface area contributed by atoms with Gasteiger partial charge in [-0.25, -0.2) is 4.98 Å². The summed E-state index contributed by atoms with van der Waals surface area (Å²) in [5.74, 6) is -0.314. The summed E-state index contributed by atoms with van der Waals surface area (Å²) in [7, 11) is 0. The highest BCUT2D eigenvalue weighted by molar-refractivity contribution is 7.22. The van der Waals surface area contributed by atoms with Crippen molar-refractivity contribution in [2.75, 3.05) is 5.32 Å². The Hall–Kier alpha value is -1.59. The van der Waals surface area contributed by atoms with Crippen molar-refractivity contribution in [3.63, 3.8) is 0 Å². The number of hydrogen-bond acceptors (Lipinski definition) is 3. The summed E-state index contributed by atoms with van der Waals surface area (Å²) in [5, 5.41) is 4.81. The van der Waals surface area contributed by atoms with Crippen LogP contribution in [0.2, 0.25) is 15.1 Å². The molecule has 0 aliphatic heterocycles.